The fraction of sp³-hybridized carbons (Fsp3) is 0.296. The van der Waals surface area contributed by atoms with Gasteiger partial charge in [0.05, 0.1) is 17.2 Å². The standard InChI is InChI=1S/C27H23F7N4O2/c1-36(20-12-17(26(29,30)31)11-18(13-20)27(32,33)34)25(40)37(2)23-15-38(24(39)22-5-3-4-10-35-22)14-21(23)16-6-8-19(28)9-7-16/h3-13,21,23H,14-15H2,1-2H3/t21-,23+/m0/s1. The number of anilines is 1. The van der Waals surface area contributed by atoms with E-state index in [2.05, 4.69) is 4.98 Å². The lowest BCUT2D eigenvalue weighted by Gasteiger charge is -2.33. The number of likely N-dealkylation sites (N-methyl/N-ethyl adjacent to an activating group) is 1. The second-order valence-electron chi connectivity index (χ2n) is 9.37. The van der Waals surface area contributed by atoms with Crippen molar-refractivity contribution in [2.75, 3.05) is 32.1 Å². The quantitative estimate of drug-likeness (QED) is 0.360. The van der Waals surface area contributed by atoms with Crippen LogP contribution in [0, 0.1) is 5.82 Å². The number of nitrogens with zero attached hydrogens (tertiary/aromatic N) is 4. The Bertz CT molecular complexity index is 1350. The highest BCUT2D eigenvalue weighted by molar-refractivity contribution is 5.93. The van der Waals surface area contributed by atoms with E-state index in [1.807, 2.05) is 0 Å². The molecule has 3 amide bonds. The summed E-state index contributed by atoms with van der Waals surface area (Å²) in [5.74, 6) is -1.48. The smallest absolute Gasteiger partial charge is 0.335 e. The number of hydrogen-bond donors (Lipinski definition) is 0. The molecule has 212 valence electrons. The van der Waals surface area contributed by atoms with Crippen LogP contribution in [0.25, 0.3) is 0 Å². The molecule has 6 nitrogen and oxygen atoms in total. The SMILES string of the molecule is CN(C(=O)N(C)[C@@H]1CN(C(=O)c2ccccn2)C[C@H]1c1ccc(F)cc1)c1cc(C(F)(F)F)cc(C(F)(F)F)c1. The maximum absolute atomic E-state index is 13.6. The van der Waals surface area contributed by atoms with Gasteiger partial charge in [-0.05, 0) is 48.0 Å². The van der Waals surface area contributed by atoms with Crippen LogP contribution in [0.5, 0.6) is 0 Å². The van der Waals surface area contributed by atoms with E-state index in [0.29, 0.717) is 22.6 Å². The number of carbonyl (C=O) groups excluding carboxylic acids is 2. The molecule has 2 aromatic carbocycles. The van der Waals surface area contributed by atoms with E-state index < -0.39 is 58.9 Å². The van der Waals surface area contributed by atoms with E-state index in [1.165, 1.54) is 48.5 Å². The van der Waals surface area contributed by atoms with E-state index in [-0.39, 0.29) is 24.8 Å². The van der Waals surface area contributed by atoms with E-state index in [0.717, 1.165) is 11.9 Å². The van der Waals surface area contributed by atoms with Gasteiger partial charge < -0.3 is 9.80 Å². The molecular formula is C27H23F7N4O2. The van der Waals surface area contributed by atoms with Crippen molar-refractivity contribution in [2.45, 2.75) is 24.3 Å². The summed E-state index contributed by atoms with van der Waals surface area (Å²) in [7, 11) is 2.40. The van der Waals surface area contributed by atoms with Crippen LogP contribution in [0.1, 0.15) is 33.1 Å². The van der Waals surface area contributed by atoms with E-state index >= 15 is 0 Å². The molecule has 0 N–H and O–H groups in total. The van der Waals surface area contributed by atoms with Crippen molar-refractivity contribution in [1.29, 1.82) is 0 Å². The van der Waals surface area contributed by atoms with Gasteiger partial charge in [0, 0.05) is 45.0 Å². The van der Waals surface area contributed by atoms with Crippen LogP contribution in [-0.2, 0) is 12.4 Å². The lowest BCUT2D eigenvalue weighted by Crippen LogP contribution is -2.47. The molecule has 0 unspecified atom stereocenters. The van der Waals surface area contributed by atoms with Gasteiger partial charge in [0.2, 0.25) is 0 Å². The first-order chi connectivity index (χ1) is 18.7. The summed E-state index contributed by atoms with van der Waals surface area (Å²) in [5, 5.41) is 0. The van der Waals surface area contributed by atoms with Gasteiger partial charge >= 0.3 is 18.4 Å². The Hall–Kier alpha value is -4.16. The summed E-state index contributed by atoms with van der Waals surface area (Å²) >= 11 is 0. The molecule has 0 aliphatic carbocycles. The average Bonchev–Trinajstić information content (AvgIpc) is 3.36. The molecule has 13 heteroatoms. The van der Waals surface area contributed by atoms with Gasteiger partial charge in [0.1, 0.15) is 11.5 Å². The molecule has 0 bridgehead atoms. The highest BCUT2D eigenvalue weighted by Gasteiger charge is 2.42. The normalized spacial score (nSPS) is 17.6. The summed E-state index contributed by atoms with van der Waals surface area (Å²) in [4.78, 5) is 33.9. The Morgan fingerprint density at radius 3 is 2.00 bits per heavy atom. The molecule has 1 aliphatic heterocycles. The topological polar surface area (TPSA) is 56.8 Å². The van der Waals surface area contributed by atoms with Crippen LogP contribution in [0.2, 0.25) is 0 Å². The maximum Gasteiger partial charge on any atom is 0.416 e. The zero-order valence-electron chi connectivity index (χ0n) is 21.2. The van der Waals surface area contributed by atoms with Crippen molar-refractivity contribution in [1.82, 2.24) is 14.8 Å². The number of amides is 3. The molecule has 1 aliphatic rings. The number of likely N-dealkylation sites (tertiary alicyclic amines) is 1. The monoisotopic (exact) mass is 568 g/mol. The number of carbonyl (C=O) groups is 2. The van der Waals surface area contributed by atoms with Gasteiger partial charge in [-0.15, -0.1) is 0 Å². The van der Waals surface area contributed by atoms with Crippen molar-refractivity contribution in [3.63, 3.8) is 0 Å². The zero-order valence-corrected chi connectivity index (χ0v) is 21.2. The second kappa shape index (κ2) is 10.8. The van der Waals surface area contributed by atoms with Gasteiger partial charge in [-0.1, -0.05) is 18.2 Å². The van der Waals surface area contributed by atoms with Crippen LogP contribution < -0.4 is 4.90 Å². The van der Waals surface area contributed by atoms with Gasteiger partial charge in [0.15, 0.2) is 0 Å². The van der Waals surface area contributed by atoms with Crippen LogP contribution >= 0.6 is 0 Å². The first kappa shape index (κ1) is 28.8. The summed E-state index contributed by atoms with van der Waals surface area (Å²) in [6.07, 6.45) is -8.73. The maximum atomic E-state index is 13.6. The molecule has 0 saturated carbocycles. The predicted molar refractivity (Wildman–Crippen MR) is 131 cm³/mol. The number of rotatable bonds is 4. The van der Waals surface area contributed by atoms with E-state index in [1.54, 1.807) is 12.1 Å². The number of hydrogen-bond acceptors (Lipinski definition) is 3. The highest BCUT2D eigenvalue weighted by Crippen LogP contribution is 2.39. The lowest BCUT2D eigenvalue weighted by molar-refractivity contribution is -0.143. The minimum absolute atomic E-state index is 0.01000. The van der Waals surface area contributed by atoms with E-state index in [9.17, 15) is 40.3 Å². The number of alkyl halides is 6. The molecule has 4 rings (SSSR count). The summed E-state index contributed by atoms with van der Waals surface area (Å²) < 4.78 is 93.9. The van der Waals surface area contributed by atoms with E-state index in [4.69, 9.17) is 0 Å². The highest BCUT2D eigenvalue weighted by atomic mass is 19.4. The minimum atomic E-state index is -5.09. The Morgan fingerprint density at radius 1 is 0.875 bits per heavy atom. The fourth-order valence-corrected chi connectivity index (χ4v) is 4.65. The molecule has 2 heterocycles. The first-order valence-corrected chi connectivity index (χ1v) is 11.9. The Balaban J connectivity index is 1.67. The number of aromatic nitrogens is 1. The fourth-order valence-electron chi connectivity index (χ4n) is 4.65. The molecule has 1 aromatic heterocycles. The Morgan fingerprint density at radius 2 is 1.48 bits per heavy atom. The summed E-state index contributed by atoms with van der Waals surface area (Å²) in [6, 6.07) is 9.43. The van der Waals surface area contributed by atoms with Crippen molar-refractivity contribution >= 4 is 17.6 Å². The molecule has 2 atom stereocenters. The molecular weight excluding hydrogens is 545 g/mol. The van der Waals surface area contributed by atoms with Crippen LogP contribution in [-0.4, -0.2) is 59.9 Å². The Kier molecular flexibility index (Phi) is 7.77. The van der Waals surface area contributed by atoms with Crippen molar-refractivity contribution in [3.8, 4) is 0 Å². The largest absolute Gasteiger partial charge is 0.416 e. The third-order valence-corrected chi connectivity index (χ3v) is 6.80. The minimum Gasteiger partial charge on any atom is -0.335 e. The van der Waals surface area contributed by atoms with Gasteiger partial charge in [-0.25, -0.2) is 9.18 Å². The predicted octanol–water partition coefficient (Wildman–Crippen LogP) is 6.05. The molecule has 0 spiro atoms. The van der Waals surface area contributed by atoms with Crippen LogP contribution in [0.4, 0.5) is 41.2 Å². The van der Waals surface area contributed by atoms with Crippen LogP contribution in [0.15, 0.2) is 66.9 Å². The third-order valence-electron chi connectivity index (χ3n) is 6.80. The van der Waals surface area contributed by atoms with Gasteiger partial charge in [-0.2, -0.15) is 26.3 Å². The molecule has 0 radical (unpaired) electrons. The number of benzene rings is 2. The van der Waals surface area contributed by atoms with Crippen molar-refractivity contribution < 1.29 is 40.3 Å². The van der Waals surface area contributed by atoms with Crippen LogP contribution in [0.3, 0.4) is 0 Å². The molecule has 3 aromatic rings. The van der Waals surface area contributed by atoms with Gasteiger partial charge in [-0.3, -0.25) is 14.7 Å². The van der Waals surface area contributed by atoms with Gasteiger partial charge in [0.25, 0.3) is 5.91 Å². The first-order valence-electron chi connectivity index (χ1n) is 11.9. The molecule has 40 heavy (non-hydrogen) atoms. The van der Waals surface area contributed by atoms with Crippen molar-refractivity contribution in [2.24, 2.45) is 0 Å². The van der Waals surface area contributed by atoms with Crippen molar-refractivity contribution in [3.05, 3.63) is 95.1 Å². The number of pyridine rings is 1. The lowest BCUT2D eigenvalue weighted by atomic mass is 9.93. The molecule has 1 saturated heterocycles. The Labute approximate surface area is 224 Å². The number of urea groups is 1. The summed E-state index contributed by atoms with van der Waals surface area (Å²) in [6.45, 7) is 0.0960. The third kappa shape index (κ3) is 6.02. The molecule has 1 fully saturated rings. The average molecular weight is 568 g/mol. The second-order valence-corrected chi connectivity index (χ2v) is 9.37. The zero-order chi connectivity index (χ0) is 29.4. The number of halogens is 7. The summed E-state index contributed by atoms with van der Waals surface area (Å²) in [5.41, 5.74) is -3.00.